The van der Waals surface area contributed by atoms with Crippen molar-refractivity contribution in [1.82, 2.24) is 20.1 Å². The summed E-state index contributed by atoms with van der Waals surface area (Å²) in [5.74, 6) is 1.79. The van der Waals surface area contributed by atoms with Gasteiger partial charge >= 0.3 is 0 Å². The third-order valence-electron chi connectivity index (χ3n) is 2.81. The lowest BCUT2D eigenvalue weighted by Crippen LogP contribution is -2.33. The van der Waals surface area contributed by atoms with Crippen molar-refractivity contribution in [3.05, 3.63) is 12.2 Å². The second-order valence-corrected chi connectivity index (χ2v) is 5.30. The molecule has 1 rings (SSSR count). The van der Waals surface area contributed by atoms with E-state index < -0.39 is 0 Å². The number of hydrogen-bond donors (Lipinski definition) is 1. The van der Waals surface area contributed by atoms with E-state index in [0.29, 0.717) is 18.0 Å². The maximum atomic E-state index is 4.38. The summed E-state index contributed by atoms with van der Waals surface area (Å²) in [7, 11) is 0. The fraction of sp³-hybridized carbons (Fsp3) is 0.846. The zero-order chi connectivity index (χ0) is 12.8. The van der Waals surface area contributed by atoms with E-state index >= 15 is 0 Å². The van der Waals surface area contributed by atoms with Gasteiger partial charge in [-0.2, -0.15) is 5.10 Å². The molecule has 0 amide bonds. The minimum Gasteiger partial charge on any atom is -0.314 e. The summed E-state index contributed by atoms with van der Waals surface area (Å²) in [6, 6.07) is 0.885. The van der Waals surface area contributed by atoms with Crippen molar-refractivity contribution >= 4 is 0 Å². The second-order valence-electron chi connectivity index (χ2n) is 5.30. The van der Waals surface area contributed by atoms with Gasteiger partial charge in [-0.25, -0.2) is 9.67 Å². The minimum absolute atomic E-state index is 0.383. The van der Waals surface area contributed by atoms with E-state index in [2.05, 4.69) is 50.0 Å². The Morgan fingerprint density at radius 2 is 2.00 bits per heavy atom. The first kappa shape index (κ1) is 14.2. The third-order valence-corrected chi connectivity index (χ3v) is 2.81. The van der Waals surface area contributed by atoms with Crippen LogP contribution in [0.25, 0.3) is 0 Å². The molecule has 0 saturated carbocycles. The molecule has 1 unspecified atom stereocenters. The van der Waals surface area contributed by atoms with E-state index in [1.54, 1.807) is 6.33 Å². The van der Waals surface area contributed by atoms with Crippen LogP contribution in [0.5, 0.6) is 0 Å². The molecular weight excluding hydrogens is 212 g/mol. The van der Waals surface area contributed by atoms with Crippen LogP contribution in [0.2, 0.25) is 0 Å². The highest BCUT2D eigenvalue weighted by molar-refractivity contribution is 4.91. The average Bonchev–Trinajstić information content (AvgIpc) is 2.65. The molecular formula is C13H26N4. The second kappa shape index (κ2) is 6.74. The van der Waals surface area contributed by atoms with Crippen LogP contribution in [-0.2, 0) is 6.42 Å². The number of nitrogens with zero attached hydrogens (tertiary/aromatic N) is 3. The lowest BCUT2D eigenvalue weighted by Gasteiger charge is -2.20. The SMILES string of the molecule is CCNC(Cc1ncnn1C(C)C)CC(C)C. The molecule has 0 aliphatic carbocycles. The molecule has 98 valence electrons. The summed E-state index contributed by atoms with van der Waals surface area (Å²) in [4.78, 5) is 4.38. The maximum Gasteiger partial charge on any atom is 0.138 e. The zero-order valence-electron chi connectivity index (χ0n) is 11.8. The third kappa shape index (κ3) is 4.46. The summed E-state index contributed by atoms with van der Waals surface area (Å²) in [6.45, 7) is 12.0. The van der Waals surface area contributed by atoms with Gasteiger partial charge in [0.1, 0.15) is 12.2 Å². The van der Waals surface area contributed by atoms with Gasteiger partial charge in [-0.3, -0.25) is 0 Å². The van der Waals surface area contributed by atoms with Gasteiger partial charge in [-0.1, -0.05) is 20.8 Å². The number of likely N-dealkylation sites (N-methyl/N-ethyl adjacent to an activating group) is 1. The lowest BCUT2D eigenvalue weighted by atomic mass is 10.0. The largest absolute Gasteiger partial charge is 0.314 e. The molecule has 0 spiro atoms. The first-order valence-electron chi connectivity index (χ1n) is 6.66. The molecule has 17 heavy (non-hydrogen) atoms. The Labute approximate surface area is 105 Å². The first-order chi connectivity index (χ1) is 8.04. The highest BCUT2D eigenvalue weighted by Gasteiger charge is 2.15. The molecule has 0 bridgehead atoms. The molecule has 0 aliphatic heterocycles. The standard InChI is InChI=1S/C13H26N4/c1-6-14-12(7-10(2)3)8-13-15-9-16-17(13)11(4)5/h9-12,14H,6-8H2,1-5H3. The van der Waals surface area contributed by atoms with Crippen LogP contribution in [0.1, 0.15) is 52.9 Å². The van der Waals surface area contributed by atoms with E-state index in [4.69, 9.17) is 0 Å². The van der Waals surface area contributed by atoms with Crippen molar-refractivity contribution in [2.24, 2.45) is 5.92 Å². The zero-order valence-corrected chi connectivity index (χ0v) is 11.8. The van der Waals surface area contributed by atoms with Gasteiger partial charge in [0.25, 0.3) is 0 Å². The van der Waals surface area contributed by atoms with Gasteiger partial charge in [-0.05, 0) is 32.7 Å². The number of nitrogens with one attached hydrogen (secondary N) is 1. The van der Waals surface area contributed by atoms with Crippen molar-refractivity contribution < 1.29 is 0 Å². The fourth-order valence-corrected chi connectivity index (χ4v) is 2.17. The molecule has 4 heteroatoms. The average molecular weight is 238 g/mol. The highest BCUT2D eigenvalue weighted by Crippen LogP contribution is 2.12. The lowest BCUT2D eigenvalue weighted by molar-refractivity contribution is 0.402. The van der Waals surface area contributed by atoms with Crippen molar-refractivity contribution in [3.63, 3.8) is 0 Å². The molecule has 1 aromatic heterocycles. The van der Waals surface area contributed by atoms with E-state index in [-0.39, 0.29) is 0 Å². The Morgan fingerprint density at radius 3 is 2.53 bits per heavy atom. The van der Waals surface area contributed by atoms with Gasteiger partial charge < -0.3 is 5.32 Å². The van der Waals surface area contributed by atoms with Gasteiger partial charge in [0.15, 0.2) is 0 Å². The van der Waals surface area contributed by atoms with Crippen molar-refractivity contribution in [2.75, 3.05) is 6.54 Å². The number of aromatic nitrogens is 3. The van der Waals surface area contributed by atoms with E-state index in [1.807, 2.05) is 4.68 Å². The summed E-state index contributed by atoms with van der Waals surface area (Å²) in [6.07, 6.45) is 3.80. The molecule has 1 aromatic rings. The predicted octanol–water partition coefficient (Wildman–Crippen LogP) is 2.43. The molecule has 0 aliphatic rings. The quantitative estimate of drug-likeness (QED) is 0.793. The van der Waals surface area contributed by atoms with Gasteiger partial charge in [0.05, 0.1) is 0 Å². The molecule has 0 radical (unpaired) electrons. The molecule has 0 aromatic carbocycles. The van der Waals surface area contributed by atoms with Crippen LogP contribution in [0.3, 0.4) is 0 Å². The monoisotopic (exact) mass is 238 g/mol. The predicted molar refractivity (Wildman–Crippen MR) is 71.0 cm³/mol. The van der Waals surface area contributed by atoms with Crippen LogP contribution in [0.4, 0.5) is 0 Å². The van der Waals surface area contributed by atoms with Crippen LogP contribution >= 0.6 is 0 Å². The summed E-state index contributed by atoms with van der Waals surface area (Å²) >= 11 is 0. The normalized spacial score (nSPS) is 13.6. The van der Waals surface area contributed by atoms with Crippen LogP contribution in [0.15, 0.2) is 6.33 Å². The maximum absolute atomic E-state index is 4.38. The van der Waals surface area contributed by atoms with Gasteiger partial charge in [0, 0.05) is 18.5 Å². The molecule has 0 fully saturated rings. The molecule has 4 nitrogen and oxygen atoms in total. The van der Waals surface area contributed by atoms with Crippen LogP contribution in [0, 0.1) is 5.92 Å². The van der Waals surface area contributed by atoms with E-state index in [0.717, 1.165) is 18.8 Å². The minimum atomic E-state index is 0.383. The van der Waals surface area contributed by atoms with Crippen LogP contribution < -0.4 is 5.32 Å². The summed E-state index contributed by atoms with van der Waals surface area (Å²) in [5.41, 5.74) is 0. The molecule has 1 heterocycles. The number of rotatable bonds is 7. The topological polar surface area (TPSA) is 42.7 Å². The Morgan fingerprint density at radius 1 is 1.29 bits per heavy atom. The smallest absolute Gasteiger partial charge is 0.138 e. The molecule has 0 saturated heterocycles. The molecule has 1 atom stereocenters. The van der Waals surface area contributed by atoms with Gasteiger partial charge in [0.2, 0.25) is 0 Å². The summed E-state index contributed by atoms with van der Waals surface area (Å²) < 4.78 is 2.02. The Balaban J connectivity index is 2.67. The first-order valence-corrected chi connectivity index (χ1v) is 6.66. The summed E-state index contributed by atoms with van der Waals surface area (Å²) in [5, 5.41) is 7.82. The van der Waals surface area contributed by atoms with Gasteiger partial charge in [-0.15, -0.1) is 0 Å². The Hall–Kier alpha value is -0.900. The highest BCUT2D eigenvalue weighted by atomic mass is 15.3. The fourth-order valence-electron chi connectivity index (χ4n) is 2.17. The van der Waals surface area contributed by atoms with Crippen molar-refractivity contribution in [2.45, 2.75) is 59.5 Å². The van der Waals surface area contributed by atoms with Crippen LogP contribution in [-0.4, -0.2) is 27.4 Å². The van der Waals surface area contributed by atoms with E-state index in [1.165, 1.54) is 6.42 Å². The molecule has 1 N–H and O–H groups in total. The Kier molecular flexibility index (Phi) is 5.62. The Bertz CT molecular complexity index is 317. The van der Waals surface area contributed by atoms with Crippen molar-refractivity contribution in [1.29, 1.82) is 0 Å². The van der Waals surface area contributed by atoms with Crippen molar-refractivity contribution in [3.8, 4) is 0 Å². The van der Waals surface area contributed by atoms with E-state index in [9.17, 15) is 0 Å². The number of hydrogen-bond acceptors (Lipinski definition) is 3.